The molecule has 5 heterocycles. The number of H-pyrrole nitrogens is 1. The Morgan fingerprint density at radius 2 is 1.18 bits per heavy atom. The van der Waals surface area contributed by atoms with Crippen LogP contribution < -0.4 is 0 Å². The van der Waals surface area contributed by atoms with Crippen LogP contribution in [0.4, 0.5) is 17.6 Å². The molecular formula is C63H75F4N7O4S. The van der Waals surface area contributed by atoms with Gasteiger partial charge in [-0.15, -0.1) is 12.8 Å². The number of hydrogen-bond donors (Lipinski definition) is 1. The molecule has 4 aromatic heterocycles. The molecule has 420 valence electrons. The van der Waals surface area contributed by atoms with E-state index in [0.717, 1.165) is 124 Å². The molecule has 0 bridgehead atoms. The Morgan fingerprint density at radius 3 is 1.77 bits per heavy atom. The lowest BCUT2D eigenvalue weighted by Gasteiger charge is -2.30. The van der Waals surface area contributed by atoms with Crippen molar-refractivity contribution in [2.75, 3.05) is 13.1 Å². The van der Waals surface area contributed by atoms with Gasteiger partial charge in [0.05, 0.1) is 34.2 Å². The van der Waals surface area contributed by atoms with E-state index < -0.39 is 27.5 Å². The van der Waals surface area contributed by atoms with Gasteiger partial charge in [0, 0.05) is 67.6 Å². The zero-order chi connectivity index (χ0) is 55.3. The van der Waals surface area contributed by atoms with Crippen LogP contribution in [0, 0.1) is 86.5 Å². The fraction of sp³-hybridized carbons (Fsp3) is 0.460. The summed E-state index contributed by atoms with van der Waals surface area (Å²) in [5.74, 6) is 0.657. The largest absolute Gasteiger partial charge is 0.358 e. The smallest absolute Gasteiger partial charge is 0.268 e. The third-order valence-electron chi connectivity index (χ3n) is 16.5. The normalized spacial score (nSPS) is 19.6. The molecule has 7 aromatic rings. The summed E-state index contributed by atoms with van der Waals surface area (Å²) in [5.41, 5.74) is 4.27. The van der Waals surface area contributed by atoms with Gasteiger partial charge < -0.3 is 9.88 Å². The minimum atomic E-state index is -4.15. The standard InChI is InChI=1S/C34H37F2N3O3S.C26H30F2N4O.C2H2.CH4.H2/c1-21-10-12-26(13-11-21)43(41,42)39-20-28(27-14-22(2)15-29(35)33(27)39)34-37-19-30(36)31(38-34)17-23-6-5-7-24(16-23)18-32(40)25-8-3-4-9-25;1-16-9-19-20(14-29-25(19)21(27)10-16)26-30-15-22(28)23(31-26)12-17-5-4-6-18(11-17)13-24(33)32-7-2-3-8-32;1-2;;/h10-15,19-20,23-25H,3-9,16-18H2,1-2H3;9-10,14-15,17-18,29H,2-8,11-13H2,1H3;1-2H;1H4;1H/t23-,24+;17-,18+;;;/m00.../s1/i;;;;1+1. The zero-order valence-electron chi connectivity index (χ0n) is 44.8. The number of Topliss-reactive ketones (excluding diaryl/α,β-unsaturated/α-hetero) is 1. The lowest BCUT2D eigenvalue weighted by Crippen LogP contribution is -2.31. The Morgan fingerprint density at radius 1 is 0.646 bits per heavy atom. The van der Waals surface area contributed by atoms with Gasteiger partial charge in [-0.25, -0.2) is 49.9 Å². The van der Waals surface area contributed by atoms with Gasteiger partial charge in [0.15, 0.2) is 23.3 Å². The number of ketones is 1. The van der Waals surface area contributed by atoms with Crippen LogP contribution >= 0.6 is 0 Å². The summed E-state index contributed by atoms with van der Waals surface area (Å²) in [6.07, 6.45) is 29.9. The molecule has 1 saturated heterocycles. The van der Waals surface area contributed by atoms with Gasteiger partial charge in [-0.2, -0.15) is 0 Å². The summed E-state index contributed by atoms with van der Waals surface area (Å²) in [7, 11) is -4.15. The quantitative estimate of drug-likeness (QED) is 0.0888. The topological polar surface area (TPSA) is 144 Å². The van der Waals surface area contributed by atoms with Crippen LogP contribution in [0.1, 0.15) is 140 Å². The van der Waals surface area contributed by atoms with Crippen molar-refractivity contribution in [3.8, 4) is 35.6 Å². The maximum Gasteiger partial charge on any atom is 0.268 e. The number of terminal acetylenes is 1. The molecule has 0 unspecified atom stereocenters. The lowest BCUT2D eigenvalue weighted by molar-refractivity contribution is -0.131. The van der Waals surface area contributed by atoms with Crippen molar-refractivity contribution < 1.29 is 37.0 Å². The Hall–Kier alpha value is -6.73. The molecule has 1 N–H and O–H groups in total. The van der Waals surface area contributed by atoms with Gasteiger partial charge in [-0.3, -0.25) is 9.59 Å². The van der Waals surface area contributed by atoms with Crippen LogP contribution in [0.5, 0.6) is 0 Å². The number of nitrogens with zero attached hydrogens (tertiary/aromatic N) is 6. The maximum absolute atomic E-state index is 15.4. The van der Waals surface area contributed by atoms with E-state index in [1.807, 2.05) is 24.8 Å². The number of nitrogens with one attached hydrogen (secondary N) is 1. The van der Waals surface area contributed by atoms with E-state index in [4.69, 9.17) is 0 Å². The highest BCUT2D eigenvalue weighted by Crippen LogP contribution is 2.39. The third kappa shape index (κ3) is 13.3. The Bertz CT molecular complexity index is 3440. The first-order chi connectivity index (χ1) is 37.6. The highest BCUT2D eigenvalue weighted by atomic mass is 32.2. The second kappa shape index (κ2) is 25.6. The number of aromatic amines is 1. The molecule has 11 rings (SSSR count). The highest BCUT2D eigenvalue weighted by Gasteiger charge is 2.32. The SMILES string of the molecule is C.C#C.Cc1cc(F)c2[nH]cc(-c3ncc(F)c(C[C@H]4CCC[C@@H](CC(=O)N5CCCC5)C4)n3)c2c1.Cc1ccc(S(=O)(=O)n2cc(-c3ncc(F)c(C[C@H]4CCC[C@@H](CC(=O)C5CCCC5)C4)n3)c3cc(C)cc(F)c32)cc1.[2HH]. The van der Waals surface area contributed by atoms with Crippen molar-refractivity contribution in [2.24, 2.45) is 29.6 Å². The van der Waals surface area contributed by atoms with Crippen molar-refractivity contribution in [1.29, 1.82) is 0 Å². The molecule has 3 saturated carbocycles. The number of likely N-dealkylation sites (tertiary alicyclic amines) is 1. The molecule has 0 spiro atoms. The Kier molecular flexibility index (Phi) is 18.9. The number of aryl methyl sites for hydroxylation is 3. The first kappa shape index (κ1) is 58.4. The van der Waals surface area contributed by atoms with Gasteiger partial charge in [0.25, 0.3) is 10.0 Å². The predicted octanol–water partition coefficient (Wildman–Crippen LogP) is 14.4. The molecule has 16 heteroatoms. The van der Waals surface area contributed by atoms with E-state index in [2.05, 4.69) is 37.8 Å². The molecule has 0 radical (unpaired) electrons. The van der Waals surface area contributed by atoms with E-state index in [-0.39, 0.29) is 54.3 Å². The summed E-state index contributed by atoms with van der Waals surface area (Å²) in [5, 5.41) is 1.04. The van der Waals surface area contributed by atoms with E-state index in [1.165, 1.54) is 36.7 Å². The van der Waals surface area contributed by atoms with Gasteiger partial charge in [0.1, 0.15) is 22.9 Å². The van der Waals surface area contributed by atoms with Crippen molar-refractivity contribution in [3.63, 3.8) is 0 Å². The molecule has 3 aliphatic carbocycles. The third-order valence-corrected chi connectivity index (χ3v) is 18.2. The predicted molar refractivity (Wildman–Crippen MR) is 304 cm³/mol. The minimum Gasteiger partial charge on any atom is -0.358 e. The van der Waals surface area contributed by atoms with Crippen molar-refractivity contribution in [3.05, 3.63) is 125 Å². The van der Waals surface area contributed by atoms with Crippen molar-refractivity contribution in [2.45, 2.75) is 149 Å². The fourth-order valence-electron chi connectivity index (χ4n) is 12.6. The van der Waals surface area contributed by atoms with Crippen LogP contribution in [0.3, 0.4) is 0 Å². The van der Waals surface area contributed by atoms with E-state index in [1.54, 1.807) is 31.3 Å². The second-order valence-corrected chi connectivity index (χ2v) is 24.1. The van der Waals surface area contributed by atoms with Crippen LogP contribution in [-0.2, 0) is 32.5 Å². The van der Waals surface area contributed by atoms with Gasteiger partial charge in [-0.05, 0) is 150 Å². The molecule has 3 aromatic carbocycles. The van der Waals surface area contributed by atoms with Gasteiger partial charge in [-0.1, -0.05) is 70.1 Å². The number of carbonyl (C=O) groups excluding carboxylic acids is 2. The number of carbonyl (C=O) groups is 2. The van der Waals surface area contributed by atoms with Gasteiger partial charge >= 0.3 is 0 Å². The molecular weight excluding hydrogens is 1030 g/mol. The second-order valence-electron chi connectivity index (χ2n) is 22.3. The zero-order valence-corrected chi connectivity index (χ0v) is 45.7. The van der Waals surface area contributed by atoms with Crippen LogP contribution in [0.2, 0.25) is 0 Å². The average Bonchev–Trinajstić information content (AvgIpc) is 4.33. The van der Waals surface area contributed by atoms with Crippen LogP contribution in [0.25, 0.3) is 44.6 Å². The highest BCUT2D eigenvalue weighted by molar-refractivity contribution is 7.90. The van der Waals surface area contributed by atoms with Crippen LogP contribution in [0.15, 0.2) is 78.2 Å². The summed E-state index contributed by atoms with van der Waals surface area (Å²) < 4.78 is 87.8. The first-order valence-electron chi connectivity index (χ1n) is 27.7. The maximum atomic E-state index is 15.4. The van der Waals surface area contributed by atoms with Crippen LogP contribution in [-0.4, -0.2) is 67.0 Å². The monoisotopic (exact) mass is 1100 g/mol. The summed E-state index contributed by atoms with van der Waals surface area (Å²) >= 11 is 0. The van der Waals surface area contributed by atoms with Crippen molar-refractivity contribution in [1.82, 2.24) is 33.8 Å². The molecule has 4 fully saturated rings. The number of aromatic nitrogens is 6. The molecule has 4 atom stereocenters. The molecule has 11 nitrogen and oxygen atoms in total. The number of halogens is 4. The Labute approximate surface area is 464 Å². The molecule has 1 aliphatic heterocycles. The first-order valence-corrected chi connectivity index (χ1v) is 29.1. The Balaban J connectivity index is 0.000000225. The number of fused-ring (bicyclic) bond motifs is 2. The van der Waals surface area contributed by atoms with Crippen molar-refractivity contribution >= 4 is 43.5 Å². The van der Waals surface area contributed by atoms with Gasteiger partial charge in [0.2, 0.25) is 5.91 Å². The number of hydrogen-bond acceptors (Lipinski definition) is 8. The minimum absolute atomic E-state index is 0. The molecule has 4 aliphatic rings. The molecule has 1 amide bonds. The number of rotatable bonds is 13. The summed E-state index contributed by atoms with van der Waals surface area (Å²) in [4.78, 5) is 48.0. The van der Waals surface area contributed by atoms with E-state index in [9.17, 15) is 26.8 Å². The average molecular weight is 1100 g/mol. The lowest BCUT2D eigenvalue weighted by atomic mass is 9.76. The molecule has 79 heavy (non-hydrogen) atoms. The summed E-state index contributed by atoms with van der Waals surface area (Å²) in [6.45, 7) is 7.20. The number of benzene rings is 3. The fourth-order valence-corrected chi connectivity index (χ4v) is 14.0. The number of amides is 1. The van der Waals surface area contributed by atoms with E-state index in [0.29, 0.717) is 93.7 Å². The summed E-state index contributed by atoms with van der Waals surface area (Å²) in [6, 6.07) is 12.7. The van der Waals surface area contributed by atoms with E-state index >= 15 is 8.78 Å².